The van der Waals surface area contributed by atoms with Gasteiger partial charge in [0.05, 0.1) is 4.90 Å². The summed E-state index contributed by atoms with van der Waals surface area (Å²) in [6.07, 6.45) is 5.19. The number of piperidine rings is 1. The molecule has 43 heavy (non-hydrogen) atoms. The number of urea groups is 1. The maximum absolute atomic E-state index is 13.2. The average Bonchev–Trinajstić information content (AvgIpc) is 3.42. The molecule has 3 atom stereocenters. The van der Waals surface area contributed by atoms with Gasteiger partial charge in [-0.1, -0.05) is 84.4 Å². The second kappa shape index (κ2) is 14.3. The molecule has 1 saturated carbocycles. The van der Waals surface area contributed by atoms with Gasteiger partial charge in [0.15, 0.2) is 0 Å². The summed E-state index contributed by atoms with van der Waals surface area (Å²) in [5.74, 6) is 0.622. The summed E-state index contributed by atoms with van der Waals surface area (Å²) in [7, 11) is -3.58. The first-order chi connectivity index (χ1) is 20.8. The zero-order chi connectivity index (χ0) is 30.2. The summed E-state index contributed by atoms with van der Waals surface area (Å²) >= 11 is 0. The highest BCUT2D eigenvalue weighted by Gasteiger charge is 2.39. The van der Waals surface area contributed by atoms with Crippen molar-refractivity contribution >= 4 is 16.1 Å². The van der Waals surface area contributed by atoms with Crippen LogP contribution < -0.4 is 10.0 Å². The molecule has 3 aromatic rings. The first-order valence-electron chi connectivity index (χ1n) is 15.4. The van der Waals surface area contributed by atoms with Gasteiger partial charge in [-0.2, -0.15) is 0 Å². The number of sulfonamides is 1. The molecule has 2 aliphatic rings. The molecule has 0 bridgehead atoms. The van der Waals surface area contributed by atoms with E-state index in [1.165, 1.54) is 11.1 Å². The maximum Gasteiger partial charge on any atom is 0.318 e. The molecule has 0 radical (unpaired) electrons. The van der Waals surface area contributed by atoms with E-state index < -0.39 is 10.0 Å². The van der Waals surface area contributed by atoms with Crippen molar-refractivity contribution in [2.75, 3.05) is 26.2 Å². The molecule has 0 aromatic heterocycles. The summed E-state index contributed by atoms with van der Waals surface area (Å²) in [5, 5.41) is 3.10. The molecule has 0 spiro atoms. The number of nitrogens with one attached hydrogen (secondary N) is 2. The lowest BCUT2D eigenvalue weighted by Gasteiger charge is -2.39. The van der Waals surface area contributed by atoms with Crippen LogP contribution in [0.1, 0.15) is 48.3 Å². The van der Waals surface area contributed by atoms with E-state index in [0.29, 0.717) is 23.9 Å². The Hall–Kier alpha value is -3.46. The molecule has 2 fully saturated rings. The second-order valence-electron chi connectivity index (χ2n) is 12.0. The molecule has 5 rings (SSSR count). The van der Waals surface area contributed by atoms with Crippen LogP contribution >= 0.6 is 0 Å². The van der Waals surface area contributed by atoms with Gasteiger partial charge in [0, 0.05) is 44.8 Å². The molecule has 1 aliphatic carbocycles. The Morgan fingerprint density at radius 2 is 1.60 bits per heavy atom. The van der Waals surface area contributed by atoms with E-state index in [4.69, 9.17) is 0 Å². The van der Waals surface area contributed by atoms with Crippen LogP contribution in [0.15, 0.2) is 102 Å². The minimum absolute atomic E-state index is 0.0487. The fourth-order valence-electron chi connectivity index (χ4n) is 6.69. The predicted molar refractivity (Wildman–Crippen MR) is 172 cm³/mol. The SMILES string of the molecule is C=CCN(C(=O)NCc1ccc(C)cc1)C1CCN(C[C@H]2CC(NS(=O)(=O)c3ccccc3)C[C@@H]2c2ccccc2)CC1. The highest BCUT2D eigenvalue weighted by Crippen LogP contribution is 2.41. The van der Waals surface area contributed by atoms with Crippen molar-refractivity contribution in [2.24, 2.45) is 5.92 Å². The lowest BCUT2D eigenvalue weighted by molar-refractivity contribution is 0.115. The van der Waals surface area contributed by atoms with E-state index in [1.807, 2.05) is 17.0 Å². The van der Waals surface area contributed by atoms with Gasteiger partial charge in [-0.15, -0.1) is 6.58 Å². The monoisotopic (exact) mass is 600 g/mol. The van der Waals surface area contributed by atoms with Gasteiger partial charge in [-0.3, -0.25) is 0 Å². The normalized spacial score (nSPS) is 21.4. The Morgan fingerprint density at radius 1 is 0.953 bits per heavy atom. The number of hydrogen-bond donors (Lipinski definition) is 2. The van der Waals surface area contributed by atoms with Crippen molar-refractivity contribution in [3.05, 3.63) is 114 Å². The average molecular weight is 601 g/mol. The van der Waals surface area contributed by atoms with Gasteiger partial charge >= 0.3 is 6.03 Å². The number of nitrogens with zero attached hydrogens (tertiary/aromatic N) is 2. The molecular formula is C35H44N4O3S. The van der Waals surface area contributed by atoms with Crippen molar-refractivity contribution in [1.82, 2.24) is 19.8 Å². The number of carbonyl (C=O) groups is 1. The van der Waals surface area contributed by atoms with E-state index in [2.05, 4.69) is 77.0 Å². The van der Waals surface area contributed by atoms with E-state index in [-0.39, 0.29) is 24.0 Å². The van der Waals surface area contributed by atoms with Crippen molar-refractivity contribution in [3.8, 4) is 0 Å². The smallest absolute Gasteiger partial charge is 0.318 e. The van der Waals surface area contributed by atoms with Crippen LogP contribution in [0.25, 0.3) is 0 Å². The highest BCUT2D eigenvalue weighted by atomic mass is 32.2. The van der Waals surface area contributed by atoms with Crippen LogP contribution in [-0.4, -0.2) is 62.5 Å². The minimum Gasteiger partial charge on any atom is -0.334 e. The number of aryl methyl sites for hydroxylation is 1. The molecule has 1 saturated heterocycles. The van der Waals surface area contributed by atoms with E-state index >= 15 is 0 Å². The summed E-state index contributed by atoms with van der Waals surface area (Å²) in [6, 6.07) is 27.3. The largest absolute Gasteiger partial charge is 0.334 e. The van der Waals surface area contributed by atoms with Gasteiger partial charge in [0.25, 0.3) is 0 Å². The Labute approximate surface area is 257 Å². The van der Waals surface area contributed by atoms with E-state index in [9.17, 15) is 13.2 Å². The van der Waals surface area contributed by atoms with Gasteiger partial charge in [0.2, 0.25) is 10.0 Å². The van der Waals surface area contributed by atoms with Gasteiger partial charge < -0.3 is 15.1 Å². The third-order valence-corrected chi connectivity index (χ3v) is 10.5. The van der Waals surface area contributed by atoms with Crippen molar-refractivity contribution in [2.45, 2.75) is 62.0 Å². The lowest BCUT2D eigenvalue weighted by atomic mass is 9.88. The van der Waals surface area contributed by atoms with Crippen LogP contribution in [-0.2, 0) is 16.6 Å². The number of likely N-dealkylation sites (tertiary alicyclic amines) is 1. The fourth-order valence-corrected chi connectivity index (χ4v) is 7.97. The summed E-state index contributed by atoms with van der Waals surface area (Å²) in [6.45, 7) is 9.70. The number of carbonyl (C=O) groups excluding carboxylic acids is 1. The topological polar surface area (TPSA) is 81.8 Å². The Bertz CT molecular complexity index is 1440. The number of rotatable bonds is 11. The molecule has 2 N–H and O–H groups in total. The molecule has 2 amide bonds. The van der Waals surface area contributed by atoms with E-state index in [1.54, 1.807) is 30.3 Å². The standard InChI is InChI=1S/C35H44N4O3S/c1-3-20-39(35(40)36-25-28-16-14-27(2)15-17-28)32-18-21-38(22-19-32)26-30-23-31(24-34(30)29-10-6-4-7-11-29)37-43(41,42)33-12-8-5-9-13-33/h3-17,30-32,34,37H,1,18-26H2,2H3,(H,36,40)/t30-,31?,34-/m1/s1. The van der Waals surface area contributed by atoms with Crippen molar-refractivity contribution in [1.29, 1.82) is 0 Å². The van der Waals surface area contributed by atoms with Gasteiger partial charge in [-0.25, -0.2) is 17.9 Å². The molecular weight excluding hydrogens is 556 g/mol. The molecule has 228 valence electrons. The molecule has 8 heteroatoms. The van der Waals surface area contributed by atoms with Crippen molar-refractivity contribution < 1.29 is 13.2 Å². The third-order valence-electron chi connectivity index (χ3n) is 8.94. The summed E-state index contributed by atoms with van der Waals surface area (Å²) < 4.78 is 29.2. The van der Waals surface area contributed by atoms with Crippen LogP contribution in [0.5, 0.6) is 0 Å². The van der Waals surface area contributed by atoms with Gasteiger partial charge in [0.1, 0.15) is 0 Å². The Balaban J connectivity index is 1.19. The third kappa shape index (κ3) is 8.13. The van der Waals surface area contributed by atoms with Gasteiger partial charge in [-0.05, 0) is 67.7 Å². The van der Waals surface area contributed by atoms with Crippen LogP contribution in [0, 0.1) is 12.8 Å². The predicted octanol–water partition coefficient (Wildman–Crippen LogP) is 5.70. The zero-order valence-electron chi connectivity index (χ0n) is 25.1. The first kappa shape index (κ1) is 31.0. The summed E-state index contributed by atoms with van der Waals surface area (Å²) in [5.41, 5.74) is 3.55. The molecule has 7 nitrogen and oxygen atoms in total. The van der Waals surface area contributed by atoms with Crippen molar-refractivity contribution in [3.63, 3.8) is 0 Å². The van der Waals surface area contributed by atoms with E-state index in [0.717, 1.165) is 50.9 Å². The Morgan fingerprint density at radius 3 is 2.26 bits per heavy atom. The number of benzene rings is 3. The Kier molecular flexibility index (Phi) is 10.3. The number of amides is 2. The van der Waals surface area contributed by atoms with Crippen LogP contribution in [0.3, 0.4) is 0 Å². The molecule has 1 heterocycles. The maximum atomic E-state index is 13.2. The summed E-state index contributed by atoms with van der Waals surface area (Å²) in [4.78, 5) is 17.9. The molecule has 3 aromatic carbocycles. The quantitative estimate of drug-likeness (QED) is 0.277. The second-order valence-corrected chi connectivity index (χ2v) is 13.7. The number of hydrogen-bond acceptors (Lipinski definition) is 4. The van der Waals surface area contributed by atoms with Crippen LogP contribution in [0.2, 0.25) is 0 Å². The van der Waals surface area contributed by atoms with Crippen LogP contribution in [0.4, 0.5) is 4.79 Å². The zero-order valence-corrected chi connectivity index (χ0v) is 25.9. The first-order valence-corrected chi connectivity index (χ1v) is 16.9. The lowest BCUT2D eigenvalue weighted by Crippen LogP contribution is -2.51. The fraction of sp³-hybridized carbons (Fsp3) is 0.400. The highest BCUT2D eigenvalue weighted by molar-refractivity contribution is 7.89. The minimum atomic E-state index is -3.58. The molecule has 1 unspecified atom stereocenters. The molecule has 1 aliphatic heterocycles.